The molecule has 1 amide bonds. The maximum absolute atomic E-state index is 12.0. The molecule has 2 atom stereocenters. The number of hydrogen-bond acceptors (Lipinski definition) is 4. The van der Waals surface area contributed by atoms with Gasteiger partial charge in [0.1, 0.15) is 5.75 Å². The zero-order chi connectivity index (χ0) is 13.9. The highest BCUT2D eigenvalue weighted by atomic mass is 32.1. The van der Waals surface area contributed by atoms with Crippen LogP contribution in [0.25, 0.3) is 0 Å². The molecule has 0 aliphatic heterocycles. The van der Waals surface area contributed by atoms with Gasteiger partial charge in [0, 0.05) is 18.0 Å². The SMILES string of the molecule is COc1csc(C(=O)NCC2(O)CCCC(C)C2)c1. The van der Waals surface area contributed by atoms with Gasteiger partial charge in [-0.05, 0) is 18.8 Å². The first-order valence-electron chi connectivity index (χ1n) is 6.65. The maximum Gasteiger partial charge on any atom is 0.261 e. The largest absolute Gasteiger partial charge is 0.496 e. The summed E-state index contributed by atoms with van der Waals surface area (Å²) in [5.41, 5.74) is -0.741. The molecule has 0 spiro atoms. The number of carbonyl (C=O) groups is 1. The van der Waals surface area contributed by atoms with Crippen LogP contribution in [0.2, 0.25) is 0 Å². The fraction of sp³-hybridized carbons (Fsp3) is 0.643. The third-order valence-corrected chi connectivity index (χ3v) is 4.59. The van der Waals surface area contributed by atoms with E-state index in [4.69, 9.17) is 4.74 Å². The lowest BCUT2D eigenvalue weighted by atomic mass is 9.79. The average molecular weight is 283 g/mol. The van der Waals surface area contributed by atoms with Crippen LogP contribution in [0, 0.1) is 5.92 Å². The first-order chi connectivity index (χ1) is 9.02. The van der Waals surface area contributed by atoms with Crippen molar-refractivity contribution in [3.05, 3.63) is 16.3 Å². The summed E-state index contributed by atoms with van der Waals surface area (Å²) in [4.78, 5) is 12.6. The van der Waals surface area contributed by atoms with Crippen molar-refractivity contribution in [3.63, 3.8) is 0 Å². The Hall–Kier alpha value is -1.07. The summed E-state index contributed by atoms with van der Waals surface area (Å²) in [5, 5.41) is 15.1. The number of ether oxygens (including phenoxy) is 1. The number of aliphatic hydroxyl groups is 1. The van der Waals surface area contributed by atoms with Crippen LogP contribution >= 0.6 is 11.3 Å². The second-order valence-electron chi connectivity index (χ2n) is 5.46. The van der Waals surface area contributed by atoms with Crippen LogP contribution in [0.1, 0.15) is 42.3 Å². The van der Waals surface area contributed by atoms with E-state index in [9.17, 15) is 9.90 Å². The van der Waals surface area contributed by atoms with E-state index in [1.807, 2.05) is 0 Å². The number of thiophene rings is 1. The number of nitrogens with one attached hydrogen (secondary N) is 1. The highest BCUT2D eigenvalue weighted by Crippen LogP contribution is 2.31. The molecule has 1 fully saturated rings. The summed E-state index contributed by atoms with van der Waals surface area (Å²) >= 11 is 1.35. The quantitative estimate of drug-likeness (QED) is 0.892. The van der Waals surface area contributed by atoms with Crippen molar-refractivity contribution in [1.82, 2.24) is 5.32 Å². The molecular weight excluding hydrogens is 262 g/mol. The second kappa shape index (κ2) is 5.92. The lowest BCUT2D eigenvalue weighted by Gasteiger charge is -2.35. The van der Waals surface area contributed by atoms with Crippen LogP contribution in [0.5, 0.6) is 5.75 Å². The van der Waals surface area contributed by atoms with E-state index in [0.717, 1.165) is 19.3 Å². The number of hydrogen-bond donors (Lipinski definition) is 2. The number of rotatable bonds is 4. The van der Waals surface area contributed by atoms with Crippen molar-refractivity contribution in [2.45, 2.75) is 38.2 Å². The molecule has 1 aromatic rings. The monoisotopic (exact) mass is 283 g/mol. The van der Waals surface area contributed by atoms with Crippen molar-refractivity contribution in [2.75, 3.05) is 13.7 Å². The van der Waals surface area contributed by atoms with Gasteiger partial charge < -0.3 is 15.2 Å². The molecule has 2 N–H and O–H groups in total. The maximum atomic E-state index is 12.0. The molecule has 0 bridgehead atoms. The Kier molecular flexibility index (Phi) is 4.47. The van der Waals surface area contributed by atoms with Crippen LogP contribution in [-0.4, -0.2) is 30.3 Å². The van der Waals surface area contributed by atoms with E-state index in [-0.39, 0.29) is 5.91 Å². The zero-order valence-electron chi connectivity index (χ0n) is 11.4. The van der Waals surface area contributed by atoms with Crippen LogP contribution in [0.15, 0.2) is 11.4 Å². The van der Waals surface area contributed by atoms with Gasteiger partial charge in [-0.1, -0.05) is 19.8 Å². The highest BCUT2D eigenvalue weighted by molar-refractivity contribution is 7.12. The first-order valence-corrected chi connectivity index (χ1v) is 7.53. The molecule has 0 aromatic carbocycles. The van der Waals surface area contributed by atoms with Crippen molar-refractivity contribution in [1.29, 1.82) is 0 Å². The third-order valence-electron chi connectivity index (χ3n) is 3.68. The van der Waals surface area contributed by atoms with Gasteiger partial charge in [-0.2, -0.15) is 0 Å². The van der Waals surface area contributed by atoms with E-state index in [2.05, 4.69) is 12.2 Å². The molecule has 2 unspecified atom stereocenters. The molecule has 0 radical (unpaired) electrons. The molecule has 4 nitrogen and oxygen atoms in total. The fourth-order valence-corrected chi connectivity index (χ4v) is 3.44. The Labute approximate surface area is 117 Å². The van der Waals surface area contributed by atoms with E-state index < -0.39 is 5.60 Å². The molecule has 5 heteroatoms. The number of carbonyl (C=O) groups excluding carboxylic acids is 1. The fourth-order valence-electron chi connectivity index (χ4n) is 2.67. The van der Waals surface area contributed by atoms with Gasteiger partial charge in [0.25, 0.3) is 5.91 Å². The minimum atomic E-state index is -0.741. The minimum Gasteiger partial charge on any atom is -0.496 e. The van der Waals surface area contributed by atoms with E-state index in [1.54, 1.807) is 18.6 Å². The number of amides is 1. The van der Waals surface area contributed by atoms with Gasteiger partial charge in [-0.3, -0.25) is 4.79 Å². The normalized spacial score (nSPS) is 27.0. The molecule has 0 saturated heterocycles. The van der Waals surface area contributed by atoms with Crippen LogP contribution < -0.4 is 10.1 Å². The predicted molar refractivity (Wildman–Crippen MR) is 75.8 cm³/mol. The molecule has 1 aliphatic rings. The first kappa shape index (κ1) is 14.3. The Balaban J connectivity index is 1.89. The van der Waals surface area contributed by atoms with Gasteiger partial charge in [-0.25, -0.2) is 0 Å². The Morgan fingerprint density at radius 3 is 3.11 bits per heavy atom. The molecule has 1 saturated carbocycles. The Morgan fingerprint density at radius 1 is 1.68 bits per heavy atom. The zero-order valence-corrected chi connectivity index (χ0v) is 12.3. The highest BCUT2D eigenvalue weighted by Gasteiger charge is 2.32. The topological polar surface area (TPSA) is 58.6 Å². The van der Waals surface area contributed by atoms with Crippen molar-refractivity contribution >= 4 is 17.2 Å². The van der Waals surface area contributed by atoms with Gasteiger partial charge in [0.15, 0.2) is 0 Å². The van der Waals surface area contributed by atoms with Crippen molar-refractivity contribution < 1.29 is 14.6 Å². The Bertz CT molecular complexity index is 446. The van der Waals surface area contributed by atoms with Gasteiger partial charge in [0.05, 0.1) is 17.6 Å². The van der Waals surface area contributed by atoms with E-state index in [1.165, 1.54) is 17.8 Å². The van der Waals surface area contributed by atoms with Crippen molar-refractivity contribution in [3.8, 4) is 5.75 Å². The molecule has 1 heterocycles. The predicted octanol–water partition coefficient (Wildman–Crippen LogP) is 2.43. The van der Waals surface area contributed by atoms with Crippen molar-refractivity contribution in [2.24, 2.45) is 5.92 Å². The van der Waals surface area contributed by atoms with E-state index >= 15 is 0 Å². The Morgan fingerprint density at radius 2 is 2.47 bits per heavy atom. The molecule has 19 heavy (non-hydrogen) atoms. The van der Waals surface area contributed by atoms with Crippen LogP contribution in [0.3, 0.4) is 0 Å². The number of methoxy groups -OCH3 is 1. The smallest absolute Gasteiger partial charge is 0.261 e. The minimum absolute atomic E-state index is 0.139. The van der Waals surface area contributed by atoms with E-state index in [0.29, 0.717) is 23.1 Å². The van der Waals surface area contributed by atoms with Gasteiger partial charge >= 0.3 is 0 Å². The van der Waals surface area contributed by atoms with Crippen LogP contribution in [-0.2, 0) is 0 Å². The summed E-state index contributed by atoms with van der Waals surface area (Å²) in [6.07, 6.45) is 3.73. The molecule has 1 aromatic heterocycles. The van der Waals surface area contributed by atoms with Gasteiger partial charge in [0.2, 0.25) is 0 Å². The third kappa shape index (κ3) is 3.70. The summed E-state index contributed by atoms with van der Waals surface area (Å²) in [5.74, 6) is 1.08. The summed E-state index contributed by atoms with van der Waals surface area (Å²) < 4.78 is 5.05. The molecular formula is C14H21NO3S. The summed E-state index contributed by atoms with van der Waals surface area (Å²) in [7, 11) is 1.58. The lowest BCUT2D eigenvalue weighted by Crippen LogP contribution is -2.45. The summed E-state index contributed by atoms with van der Waals surface area (Å²) in [6.45, 7) is 2.48. The lowest BCUT2D eigenvalue weighted by molar-refractivity contribution is -0.0109. The second-order valence-corrected chi connectivity index (χ2v) is 6.37. The molecule has 2 rings (SSSR count). The molecule has 106 valence electrons. The standard InChI is InChI=1S/C14H21NO3S/c1-10-4-3-5-14(17,7-10)9-15-13(16)12-6-11(18-2)8-19-12/h6,8,10,17H,3-5,7,9H2,1-2H3,(H,15,16). The molecule has 1 aliphatic carbocycles. The average Bonchev–Trinajstić information content (AvgIpc) is 2.84. The van der Waals surface area contributed by atoms with Gasteiger partial charge in [-0.15, -0.1) is 11.3 Å². The summed E-state index contributed by atoms with van der Waals surface area (Å²) in [6, 6.07) is 1.72. The van der Waals surface area contributed by atoms with Crippen LogP contribution in [0.4, 0.5) is 0 Å².